The molecule has 0 aromatic heterocycles. The molecular formula is C23H21ClN2O5S. The van der Waals surface area contributed by atoms with Crippen LogP contribution in [0.3, 0.4) is 0 Å². The van der Waals surface area contributed by atoms with Crippen molar-refractivity contribution in [3.05, 3.63) is 77.8 Å². The fourth-order valence-electron chi connectivity index (χ4n) is 3.33. The molecule has 3 aromatic carbocycles. The normalized spacial score (nSPS) is 15.4. The molecule has 1 aliphatic rings. The maximum absolute atomic E-state index is 13.4. The Bertz CT molecular complexity index is 1220. The van der Waals surface area contributed by atoms with Crippen LogP contribution >= 0.6 is 11.6 Å². The van der Waals surface area contributed by atoms with Crippen molar-refractivity contribution in [1.29, 1.82) is 0 Å². The smallest absolute Gasteiger partial charge is 0.267 e. The first-order valence-electron chi connectivity index (χ1n) is 9.96. The Kier molecular flexibility index (Phi) is 6.25. The number of hydrogen-bond acceptors (Lipinski definition) is 5. The van der Waals surface area contributed by atoms with Gasteiger partial charge in [-0.15, -0.1) is 0 Å². The van der Waals surface area contributed by atoms with Gasteiger partial charge in [0.05, 0.1) is 23.7 Å². The summed E-state index contributed by atoms with van der Waals surface area (Å²) in [5, 5.41) is 3.13. The predicted octanol–water partition coefficient (Wildman–Crippen LogP) is 4.33. The zero-order chi connectivity index (χ0) is 22.7. The van der Waals surface area contributed by atoms with E-state index < -0.39 is 22.0 Å². The van der Waals surface area contributed by atoms with Crippen molar-refractivity contribution in [2.45, 2.75) is 17.9 Å². The Morgan fingerprint density at radius 3 is 2.53 bits per heavy atom. The third-order valence-electron chi connectivity index (χ3n) is 4.85. The van der Waals surface area contributed by atoms with E-state index in [1.165, 1.54) is 18.2 Å². The fraction of sp³-hybridized carbons (Fsp3) is 0.174. The summed E-state index contributed by atoms with van der Waals surface area (Å²) >= 11 is 6.11. The van der Waals surface area contributed by atoms with E-state index in [1.807, 2.05) is 6.92 Å². The lowest BCUT2D eigenvalue weighted by atomic mass is 10.2. The first-order chi connectivity index (χ1) is 15.4. The SMILES string of the molecule is CCOc1ccc(NC(=O)[C@@H]2CN(S(=O)(=O)c3ccccc3)c3cc(Cl)ccc3O2)cc1. The number of sulfonamides is 1. The molecule has 0 spiro atoms. The number of nitrogens with one attached hydrogen (secondary N) is 1. The Morgan fingerprint density at radius 1 is 1.12 bits per heavy atom. The molecule has 9 heteroatoms. The van der Waals surface area contributed by atoms with Gasteiger partial charge in [0.25, 0.3) is 15.9 Å². The number of benzene rings is 3. The highest BCUT2D eigenvalue weighted by Crippen LogP contribution is 2.39. The van der Waals surface area contributed by atoms with Gasteiger partial charge in [0.1, 0.15) is 11.5 Å². The minimum atomic E-state index is -3.95. The van der Waals surface area contributed by atoms with Gasteiger partial charge in [-0.2, -0.15) is 0 Å². The van der Waals surface area contributed by atoms with Crippen LogP contribution in [0.2, 0.25) is 5.02 Å². The zero-order valence-corrected chi connectivity index (χ0v) is 18.8. The van der Waals surface area contributed by atoms with Gasteiger partial charge in [-0.1, -0.05) is 29.8 Å². The molecule has 166 valence electrons. The highest BCUT2D eigenvalue weighted by molar-refractivity contribution is 7.92. The number of carbonyl (C=O) groups excluding carboxylic acids is 1. The van der Waals surface area contributed by atoms with Crippen LogP contribution in [0.5, 0.6) is 11.5 Å². The number of anilines is 2. The van der Waals surface area contributed by atoms with E-state index in [0.717, 1.165) is 4.31 Å². The molecule has 0 saturated heterocycles. The summed E-state index contributed by atoms with van der Waals surface area (Å²) in [5.41, 5.74) is 0.827. The standard InChI is InChI=1S/C23H21ClN2O5S/c1-2-30-18-11-9-17(10-12-18)25-23(27)22-15-26(20-14-16(24)8-13-21(20)31-22)32(28,29)19-6-4-3-5-7-19/h3-14,22H,2,15H2,1H3,(H,25,27)/t22-/m0/s1. The van der Waals surface area contributed by atoms with Crippen LogP contribution in [0.25, 0.3) is 0 Å². The van der Waals surface area contributed by atoms with Crippen LogP contribution in [0.4, 0.5) is 11.4 Å². The third kappa shape index (κ3) is 4.51. The zero-order valence-electron chi connectivity index (χ0n) is 17.2. The van der Waals surface area contributed by atoms with E-state index in [-0.39, 0.29) is 22.9 Å². The average molecular weight is 473 g/mol. The lowest BCUT2D eigenvalue weighted by Gasteiger charge is -2.34. The van der Waals surface area contributed by atoms with Crippen molar-refractivity contribution in [3.63, 3.8) is 0 Å². The summed E-state index contributed by atoms with van der Waals surface area (Å²) in [5.74, 6) is 0.473. The van der Waals surface area contributed by atoms with Crippen LogP contribution in [0.15, 0.2) is 77.7 Å². The van der Waals surface area contributed by atoms with E-state index in [0.29, 0.717) is 23.1 Å². The topological polar surface area (TPSA) is 84.9 Å². The minimum absolute atomic E-state index is 0.110. The Labute approximate surface area is 191 Å². The van der Waals surface area contributed by atoms with Crippen molar-refractivity contribution < 1.29 is 22.7 Å². The summed E-state index contributed by atoms with van der Waals surface area (Å²) in [6.45, 7) is 2.22. The van der Waals surface area contributed by atoms with Crippen molar-refractivity contribution in [2.75, 3.05) is 22.8 Å². The number of carbonyl (C=O) groups is 1. The number of nitrogens with zero attached hydrogens (tertiary/aromatic N) is 1. The van der Waals surface area contributed by atoms with Crippen LogP contribution in [0, 0.1) is 0 Å². The number of hydrogen-bond donors (Lipinski definition) is 1. The summed E-state index contributed by atoms with van der Waals surface area (Å²) in [4.78, 5) is 13.1. The quantitative estimate of drug-likeness (QED) is 0.577. The molecule has 0 bridgehead atoms. The molecule has 32 heavy (non-hydrogen) atoms. The van der Waals surface area contributed by atoms with Gasteiger partial charge in [-0.25, -0.2) is 8.42 Å². The maximum Gasteiger partial charge on any atom is 0.267 e. The lowest BCUT2D eigenvalue weighted by Crippen LogP contribution is -2.48. The Balaban J connectivity index is 1.62. The molecular weight excluding hydrogens is 452 g/mol. The first kappa shape index (κ1) is 22.0. The van der Waals surface area contributed by atoms with Gasteiger partial charge in [-0.05, 0) is 61.5 Å². The van der Waals surface area contributed by atoms with Gasteiger partial charge < -0.3 is 14.8 Å². The monoisotopic (exact) mass is 472 g/mol. The van der Waals surface area contributed by atoms with Crippen LogP contribution in [-0.2, 0) is 14.8 Å². The van der Waals surface area contributed by atoms with Gasteiger partial charge in [0, 0.05) is 10.7 Å². The molecule has 1 atom stereocenters. The molecule has 1 heterocycles. The number of rotatable bonds is 6. The van der Waals surface area contributed by atoms with E-state index in [9.17, 15) is 13.2 Å². The summed E-state index contributed by atoms with van der Waals surface area (Å²) < 4.78 is 39.1. The fourth-order valence-corrected chi connectivity index (χ4v) is 4.99. The maximum atomic E-state index is 13.4. The summed E-state index contributed by atoms with van der Waals surface area (Å²) in [6, 6.07) is 19.6. The number of fused-ring (bicyclic) bond motifs is 1. The molecule has 0 radical (unpaired) electrons. The number of amides is 1. The van der Waals surface area contributed by atoms with E-state index in [2.05, 4.69) is 5.32 Å². The predicted molar refractivity (Wildman–Crippen MR) is 123 cm³/mol. The van der Waals surface area contributed by atoms with E-state index >= 15 is 0 Å². The van der Waals surface area contributed by atoms with Gasteiger partial charge in [-0.3, -0.25) is 9.10 Å². The summed E-state index contributed by atoms with van der Waals surface area (Å²) in [6.07, 6.45) is -1.06. The highest BCUT2D eigenvalue weighted by atomic mass is 35.5. The first-order valence-corrected chi connectivity index (χ1v) is 11.8. The molecule has 7 nitrogen and oxygen atoms in total. The molecule has 1 amide bonds. The van der Waals surface area contributed by atoms with E-state index in [1.54, 1.807) is 54.6 Å². The van der Waals surface area contributed by atoms with Crippen LogP contribution < -0.4 is 19.1 Å². The van der Waals surface area contributed by atoms with Crippen molar-refractivity contribution in [1.82, 2.24) is 0 Å². The minimum Gasteiger partial charge on any atom is -0.494 e. The molecule has 0 unspecified atom stereocenters. The second-order valence-corrected chi connectivity index (χ2v) is 9.31. The largest absolute Gasteiger partial charge is 0.494 e. The van der Waals surface area contributed by atoms with Gasteiger partial charge >= 0.3 is 0 Å². The van der Waals surface area contributed by atoms with Gasteiger partial charge in [0.2, 0.25) is 0 Å². The van der Waals surface area contributed by atoms with Gasteiger partial charge in [0.15, 0.2) is 6.10 Å². The Morgan fingerprint density at radius 2 is 1.84 bits per heavy atom. The van der Waals surface area contributed by atoms with Crippen molar-refractivity contribution >= 4 is 38.9 Å². The second-order valence-electron chi connectivity index (χ2n) is 7.01. The molecule has 3 aromatic rings. The molecule has 1 N–H and O–H groups in total. The molecule has 0 aliphatic carbocycles. The average Bonchev–Trinajstić information content (AvgIpc) is 2.80. The molecule has 0 saturated carbocycles. The van der Waals surface area contributed by atoms with Crippen LogP contribution in [0.1, 0.15) is 6.92 Å². The third-order valence-corrected chi connectivity index (χ3v) is 6.88. The Hall–Kier alpha value is -3.23. The molecule has 0 fully saturated rings. The lowest BCUT2D eigenvalue weighted by molar-refractivity contribution is -0.122. The molecule has 4 rings (SSSR count). The highest BCUT2D eigenvalue weighted by Gasteiger charge is 2.37. The second kappa shape index (κ2) is 9.10. The number of ether oxygens (including phenoxy) is 2. The number of halogens is 1. The molecule has 1 aliphatic heterocycles. The van der Waals surface area contributed by atoms with E-state index in [4.69, 9.17) is 21.1 Å². The van der Waals surface area contributed by atoms with Crippen molar-refractivity contribution in [2.24, 2.45) is 0 Å². The summed E-state index contributed by atoms with van der Waals surface area (Å²) in [7, 11) is -3.95. The van der Waals surface area contributed by atoms with Crippen LogP contribution in [-0.4, -0.2) is 33.6 Å². The van der Waals surface area contributed by atoms with Crippen molar-refractivity contribution in [3.8, 4) is 11.5 Å².